The van der Waals surface area contributed by atoms with E-state index in [9.17, 15) is 0 Å². The van der Waals surface area contributed by atoms with E-state index in [2.05, 4.69) is 6.07 Å². The van der Waals surface area contributed by atoms with Crippen molar-refractivity contribution in [1.82, 2.24) is 0 Å². The lowest BCUT2D eigenvalue weighted by Gasteiger charge is -2.48. The molecule has 14 heavy (non-hydrogen) atoms. The molecule has 0 radical (unpaired) electrons. The lowest BCUT2D eigenvalue weighted by molar-refractivity contribution is 0.00717. The average molecular weight is 191 g/mol. The Labute approximate surface area is 85.2 Å². The molecule has 4 atom stereocenters. The molecule has 0 aromatic heterocycles. The first kappa shape index (κ1) is 8.73. The normalized spacial score (nSPS) is 49.2. The fraction of sp³-hybridized carbons (Fsp3) is 0.917. The Morgan fingerprint density at radius 1 is 1.43 bits per heavy atom. The summed E-state index contributed by atoms with van der Waals surface area (Å²) in [5, 5.41) is 8.70. The molecule has 4 aliphatic rings. The van der Waals surface area contributed by atoms with Crippen LogP contribution in [0.15, 0.2) is 0 Å². The highest BCUT2D eigenvalue weighted by Crippen LogP contribution is 2.59. The Hall–Kier alpha value is -0.550. The summed E-state index contributed by atoms with van der Waals surface area (Å²) in [7, 11) is 0. The Morgan fingerprint density at radius 3 is 3.14 bits per heavy atom. The Morgan fingerprint density at radius 2 is 2.36 bits per heavy atom. The van der Waals surface area contributed by atoms with Crippen molar-refractivity contribution >= 4 is 0 Å². The van der Waals surface area contributed by atoms with E-state index in [0.29, 0.717) is 11.5 Å². The summed E-state index contributed by atoms with van der Waals surface area (Å²) < 4.78 is 5.90. The molecule has 4 unspecified atom stereocenters. The summed E-state index contributed by atoms with van der Waals surface area (Å²) in [6.45, 7) is 0.945. The van der Waals surface area contributed by atoms with E-state index in [0.717, 1.165) is 31.3 Å². The van der Waals surface area contributed by atoms with Crippen LogP contribution in [-0.2, 0) is 4.74 Å². The molecule has 4 bridgehead atoms. The van der Waals surface area contributed by atoms with Gasteiger partial charge in [0.25, 0.3) is 0 Å². The molecule has 2 nitrogen and oxygen atoms in total. The van der Waals surface area contributed by atoms with E-state index in [-0.39, 0.29) is 0 Å². The highest BCUT2D eigenvalue weighted by molar-refractivity contribution is 5.05. The minimum atomic E-state index is 0.418. The Bertz CT molecular complexity index is 283. The van der Waals surface area contributed by atoms with Crippen LogP contribution in [0.3, 0.4) is 0 Å². The summed E-state index contributed by atoms with van der Waals surface area (Å²) in [5.41, 5.74) is 0.418. The van der Waals surface area contributed by atoms with Crippen LogP contribution in [0.1, 0.15) is 38.5 Å². The third kappa shape index (κ3) is 1.05. The molecule has 0 N–H and O–H groups in total. The van der Waals surface area contributed by atoms with Gasteiger partial charge in [-0.15, -0.1) is 0 Å². The van der Waals surface area contributed by atoms with E-state index in [1.807, 2.05) is 0 Å². The van der Waals surface area contributed by atoms with Gasteiger partial charge in [0.05, 0.1) is 18.8 Å². The molecule has 4 rings (SSSR count). The van der Waals surface area contributed by atoms with Crippen molar-refractivity contribution in [1.29, 1.82) is 5.26 Å². The molecule has 1 saturated heterocycles. The van der Waals surface area contributed by atoms with Gasteiger partial charge >= 0.3 is 0 Å². The number of fused-ring (bicyclic) bond motifs is 1. The van der Waals surface area contributed by atoms with Crippen molar-refractivity contribution in [2.24, 2.45) is 17.3 Å². The number of ether oxygens (including phenoxy) is 1. The van der Waals surface area contributed by atoms with Gasteiger partial charge in [0, 0.05) is 11.8 Å². The van der Waals surface area contributed by atoms with Crippen LogP contribution in [0.5, 0.6) is 0 Å². The second-order valence-corrected chi connectivity index (χ2v) is 5.36. The number of nitrogens with zero attached hydrogens (tertiary/aromatic N) is 1. The molecular formula is C12H17NO. The fourth-order valence-corrected chi connectivity index (χ4v) is 4.11. The highest BCUT2D eigenvalue weighted by atomic mass is 16.5. The Balaban J connectivity index is 1.83. The number of nitriles is 1. The van der Waals surface area contributed by atoms with Crippen molar-refractivity contribution in [3.05, 3.63) is 0 Å². The lowest BCUT2D eigenvalue weighted by Crippen LogP contribution is -2.44. The molecule has 3 aliphatic carbocycles. The second kappa shape index (κ2) is 2.97. The van der Waals surface area contributed by atoms with E-state index in [1.165, 1.54) is 25.7 Å². The molecule has 3 saturated carbocycles. The zero-order valence-electron chi connectivity index (χ0n) is 8.54. The van der Waals surface area contributed by atoms with Gasteiger partial charge in [-0.1, -0.05) is 0 Å². The van der Waals surface area contributed by atoms with Gasteiger partial charge in [0.15, 0.2) is 0 Å². The van der Waals surface area contributed by atoms with E-state index in [1.54, 1.807) is 0 Å². The van der Waals surface area contributed by atoms with Crippen LogP contribution in [0, 0.1) is 28.6 Å². The average Bonchev–Trinajstić information content (AvgIpc) is 2.49. The fourth-order valence-electron chi connectivity index (χ4n) is 4.11. The lowest BCUT2D eigenvalue weighted by atomic mass is 9.55. The van der Waals surface area contributed by atoms with E-state index in [4.69, 9.17) is 10.00 Å². The van der Waals surface area contributed by atoms with Crippen LogP contribution in [0.2, 0.25) is 0 Å². The predicted octanol–water partition coefficient (Wildman–Crippen LogP) is 2.50. The molecule has 0 aromatic rings. The maximum absolute atomic E-state index is 8.70. The van der Waals surface area contributed by atoms with Crippen LogP contribution < -0.4 is 0 Å². The maximum atomic E-state index is 8.70. The highest BCUT2D eigenvalue weighted by Gasteiger charge is 2.56. The summed E-state index contributed by atoms with van der Waals surface area (Å²) in [6.07, 6.45) is 7.79. The van der Waals surface area contributed by atoms with Crippen LogP contribution in [-0.4, -0.2) is 12.7 Å². The molecular weight excluding hydrogens is 174 g/mol. The second-order valence-electron chi connectivity index (χ2n) is 5.36. The molecule has 1 aliphatic heterocycles. The first-order chi connectivity index (χ1) is 6.84. The number of rotatable bonds is 2. The van der Waals surface area contributed by atoms with Gasteiger partial charge < -0.3 is 4.74 Å². The smallest absolute Gasteiger partial charge is 0.0621 e. The van der Waals surface area contributed by atoms with Crippen molar-refractivity contribution in [3.8, 4) is 6.07 Å². The van der Waals surface area contributed by atoms with Crippen molar-refractivity contribution < 1.29 is 4.74 Å². The van der Waals surface area contributed by atoms with Gasteiger partial charge in [0.2, 0.25) is 0 Å². The predicted molar refractivity (Wildman–Crippen MR) is 52.5 cm³/mol. The minimum absolute atomic E-state index is 0.418. The number of hydrogen-bond donors (Lipinski definition) is 0. The first-order valence-corrected chi connectivity index (χ1v) is 5.83. The quantitative estimate of drug-likeness (QED) is 0.671. The minimum Gasteiger partial charge on any atom is -0.377 e. The Kier molecular flexibility index (Phi) is 1.85. The third-order valence-electron chi connectivity index (χ3n) is 4.70. The summed E-state index contributed by atoms with van der Waals surface area (Å²) in [4.78, 5) is 0. The van der Waals surface area contributed by atoms with Crippen molar-refractivity contribution in [3.63, 3.8) is 0 Å². The topological polar surface area (TPSA) is 33.0 Å². The van der Waals surface area contributed by atoms with Gasteiger partial charge in [-0.25, -0.2) is 0 Å². The molecule has 76 valence electrons. The van der Waals surface area contributed by atoms with Gasteiger partial charge in [-0.2, -0.15) is 5.26 Å². The molecule has 4 fully saturated rings. The zero-order chi connectivity index (χ0) is 9.60. The van der Waals surface area contributed by atoms with Crippen LogP contribution in [0.4, 0.5) is 0 Å². The summed E-state index contributed by atoms with van der Waals surface area (Å²) in [5.74, 6) is 1.70. The van der Waals surface area contributed by atoms with Gasteiger partial charge in [-0.05, 0) is 43.9 Å². The summed E-state index contributed by atoms with van der Waals surface area (Å²) >= 11 is 0. The molecule has 1 heterocycles. The number of hydrogen-bond acceptors (Lipinski definition) is 2. The summed E-state index contributed by atoms with van der Waals surface area (Å²) in [6, 6.07) is 2.30. The largest absolute Gasteiger partial charge is 0.377 e. The molecule has 0 spiro atoms. The molecule has 0 amide bonds. The monoisotopic (exact) mass is 191 g/mol. The van der Waals surface area contributed by atoms with Crippen molar-refractivity contribution in [2.45, 2.75) is 44.6 Å². The molecule has 0 aromatic carbocycles. The van der Waals surface area contributed by atoms with Gasteiger partial charge in [-0.3, -0.25) is 0 Å². The van der Waals surface area contributed by atoms with Gasteiger partial charge in [0.1, 0.15) is 0 Å². The molecule has 2 heteroatoms. The maximum Gasteiger partial charge on any atom is 0.0621 e. The van der Waals surface area contributed by atoms with E-state index < -0.39 is 0 Å². The third-order valence-corrected chi connectivity index (χ3v) is 4.70. The van der Waals surface area contributed by atoms with Crippen LogP contribution >= 0.6 is 0 Å². The first-order valence-electron chi connectivity index (χ1n) is 5.83. The van der Waals surface area contributed by atoms with Crippen LogP contribution in [0.25, 0.3) is 0 Å². The van der Waals surface area contributed by atoms with Crippen molar-refractivity contribution in [2.75, 3.05) is 6.61 Å². The SMILES string of the molecule is N#CCCC12COC3CC(CCC31)C2. The van der Waals surface area contributed by atoms with E-state index >= 15 is 0 Å². The standard InChI is InChI=1S/C12H17NO/c13-5-1-4-12-7-9-2-3-10(12)11(6-9)14-8-12/h9-11H,1-4,6-8H2. The zero-order valence-corrected chi connectivity index (χ0v) is 8.54.